The zero-order valence-electron chi connectivity index (χ0n) is 19.0. The minimum Gasteiger partial charge on any atom is -0.497 e. The quantitative estimate of drug-likeness (QED) is 0.544. The number of carbonyl (C=O) groups excluding carboxylic acids is 1. The fraction of sp³-hybridized carbons (Fsp3) is 0.480. The third-order valence-electron chi connectivity index (χ3n) is 6.87. The van der Waals surface area contributed by atoms with Gasteiger partial charge >= 0.3 is 0 Å². The molecule has 1 amide bonds. The van der Waals surface area contributed by atoms with Gasteiger partial charge in [-0.05, 0) is 62.8 Å². The molecule has 2 aliphatic rings. The Morgan fingerprint density at radius 1 is 1.12 bits per heavy atom. The van der Waals surface area contributed by atoms with Crippen LogP contribution in [0.5, 0.6) is 5.75 Å². The summed E-state index contributed by atoms with van der Waals surface area (Å²) < 4.78 is 5.26. The number of amides is 1. The maximum absolute atomic E-state index is 13.5. The molecule has 1 saturated heterocycles. The largest absolute Gasteiger partial charge is 0.497 e. The third kappa shape index (κ3) is 4.06. The van der Waals surface area contributed by atoms with E-state index >= 15 is 0 Å². The van der Waals surface area contributed by atoms with Crippen LogP contribution in [0, 0.1) is 19.8 Å². The van der Waals surface area contributed by atoms with Gasteiger partial charge in [0.05, 0.1) is 12.5 Å². The van der Waals surface area contributed by atoms with Gasteiger partial charge in [-0.15, -0.1) is 11.3 Å². The maximum Gasteiger partial charge on any atom is 0.226 e. The van der Waals surface area contributed by atoms with Crippen LogP contribution in [-0.2, 0) is 11.3 Å². The van der Waals surface area contributed by atoms with Crippen molar-refractivity contribution in [2.24, 2.45) is 5.92 Å². The normalized spacial score (nSPS) is 17.0. The number of methoxy groups -OCH3 is 1. The Morgan fingerprint density at radius 2 is 1.84 bits per heavy atom. The van der Waals surface area contributed by atoms with Crippen LogP contribution >= 0.6 is 11.3 Å². The van der Waals surface area contributed by atoms with Crippen LogP contribution in [0.2, 0.25) is 0 Å². The van der Waals surface area contributed by atoms with Gasteiger partial charge in [-0.2, -0.15) is 0 Å². The Labute approximate surface area is 193 Å². The number of thiophene rings is 1. The molecule has 1 saturated carbocycles. The van der Waals surface area contributed by atoms with Crippen molar-refractivity contribution in [3.8, 4) is 5.75 Å². The first-order valence-corrected chi connectivity index (χ1v) is 12.3. The standard InChI is InChI=1S/C25H30N4O2S/c1-16-17(2)32-24-22(16)23(26-15-27-24)28-12-10-19(11-13-28)25(30)29(20-6-7-20)14-18-4-8-21(31-3)9-5-18/h4-5,8-9,15,19-20H,6-7,10-14H2,1-3H3. The summed E-state index contributed by atoms with van der Waals surface area (Å²) in [5.41, 5.74) is 2.44. The zero-order chi connectivity index (χ0) is 22.2. The molecule has 1 aromatic carbocycles. The number of rotatable bonds is 6. The van der Waals surface area contributed by atoms with Gasteiger partial charge in [-0.3, -0.25) is 4.79 Å². The van der Waals surface area contributed by atoms with Gasteiger partial charge in [0.25, 0.3) is 0 Å². The molecule has 5 rings (SSSR count). The minimum absolute atomic E-state index is 0.0905. The highest BCUT2D eigenvalue weighted by Crippen LogP contribution is 2.37. The van der Waals surface area contributed by atoms with Crippen molar-refractivity contribution in [2.45, 2.75) is 52.1 Å². The molecule has 0 bridgehead atoms. The van der Waals surface area contributed by atoms with Crippen LogP contribution in [0.15, 0.2) is 30.6 Å². The molecular weight excluding hydrogens is 420 g/mol. The van der Waals surface area contributed by atoms with Crippen molar-refractivity contribution in [3.63, 3.8) is 0 Å². The Bertz CT molecular complexity index is 1110. The van der Waals surface area contributed by atoms with E-state index in [1.807, 2.05) is 12.1 Å². The van der Waals surface area contributed by atoms with Gasteiger partial charge in [-0.1, -0.05) is 12.1 Å². The average Bonchev–Trinajstić information content (AvgIpc) is 3.63. The Balaban J connectivity index is 1.27. The first-order valence-electron chi connectivity index (χ1n) is 11.4. The molecule has 0 N–H and O–H groups in total. The molecule has 168 valence electrons. The lowest BCUT2D eigenvalue weighted by atomic mass is 9.94. The van der Waals surface area contributed by atoms with Crippen molar-refractivity contribution in [1.29, 1.82) is 0 Å². The lowest BCUT2D eigenvalue weighted by Crippen LogP contribution is -2.43. The molecule has 0 atom stereocenters. The third-order valence-corrected chi connectivity index (χ3v) is 7.99. The topological polar surface area (TPSA) is 58.6 Å². The molecule has 2 fully saturated rings. The van der Waals surface area contributed by atoms with E-state index in [0.29, 0.717) is 18.5 Å². The van der Waals surface area contributed by atoms with Crippen LogP contribution in [0.4, 0.5) is 5.82 Å². The van der Waals surface area contributed by atoms with Crippen LogP contribution in [0.3, 0.4) is 0 Å². The number of aryl methyl sites for hydroxylation is 2. The zero-order valence-corrected chi connectivity index (χ0v) is 19.8. The average molecular weight is 451 g/mol. The lowest BCUT2D eigenvalue weighted by molar-refractivity contribution is -0.137. The highest BCUT2D eigenvalue weighted by molar-refractivity contribution is 7.18. The number of hydrogen-bond acceptors (Lipinski definition) is 6. The summed E-state index contributed by atoms with van der Waals surface area (Å²) in [5.74, 6) is 2.28. The maximum atomic E-state index is 13.5. The van der Waals surface area contributed by atoms with Gasteiger partial charge in [0.2, 0.25) is 5.91 Å². The van der Waals surface area contributed by atoms with Crippen LogP contribution in [-0.4, -0.2) is 47.0 Å². The first kappa shape index (κ1) is 21.2. The van der Waals surface area contributed by atoms with Crippen LogP contribution < -0.4 is 9.64 Å². The number of nitrogens with zero attached hydrogens (tertiary/aromatic N) is 4. The monoisotopic (exact) mass is 450 g/mol. The molecule has 7 heteroatoms. The summed E-state index contributed by atoms with van der Waals surface area (Å²) in [5, 5.41) is 1.18. The summed E-state index contributed by atoms with van der Waals surface area (Å²) in [6, 6.07) is 8.48. The van der Waals surface area contributed by atoms with E-state index in [-0.39, 0.29) is 5.92 Å². The lowest BCUT2D eigenvalue weighted by Gasteiger charge is -2.35. The number of aromatic nitrogens is 2. The SMILES string of the molecule is COc1ccc(CN(C(=O)C2CCN(c3ncnc4sc(C)c(C)c34)CC2)C2CC2)cc1. The van der Waals surface area contributed by atoms with Crippen LogP contribution in [0.25, 0.3) is 10.2 Å². The van der Waals surface area contributed by atoms with Gasteiger partial charge in [-0.25, -0.2) is 9.97 Å². The van der Waals surface area contributed by atoms with E-state index < -0.39 is 0 Å². The molecule has 3 aromatic rings. The molecule has 1 aliphatic carbocycles. The second-order valence-corrected chi connectivity index (χ2v) is 10.2. The molecule has 0 unspecified atom stereocenters. The molecule has 6 nitrogen and oxygen atoms in total. The molecule has 0 radical (unpaired) electrons. The number of piperidine rings is 1. The Kier molecular flexibility index (Phi) is 5.76. The van der Waals surface area contributed by atoms with Gasteiger partial charge in [0.1, 0.15) is 22.7 Å². The van der Waals surface area contributed by atoms with E-state index in [0.717, 1.165) is 60.7 Å². The van der Waals surface area contributed by atoms with E-state index in [9.17, 15) is 4.79 Å². The van der Waals surface area contributed by atoms with E-state index in [4.69, 9.17) is 4.74 Å². The summed E-state index contributed by atoms with van der Waals surface area (Å²) >= 11 is 1.73. The van der Waals surface area contributed by atoms with Crippen molar-refractivity contribution in [2.75, 3.05) is 25.1 Å². The summed E-state index contributed by atoms with van der Waals surface area (Å²) in [6.45, 7) is 6.71. The number of fused-ring (bicyclic) bond motifs is 1. The first-order chi connectivity index (χ1) is 15.5. The predicted octanol–water partition coefficient (Wildman–Crippen LogP) is 4.72. The second-order valence-electron chi connectivity index (χ2n) is 8.97. The van der Waals surface area contributed by atoms with Crippen molar-refractivity contribution in [3.05, 3.63) is 46.6 Å². The summed E-state index contributed by atoms with van der Waals surface area (Å²) in [7, 11) is 1.68. The highest BCUT2D eigenvalue weighted by Gasteiger charge is 2.37. The van der Waals surface area contributed by atoms with Crippen molar-refractivity contribution >= 4 is 33.3 Å². The fourth-order valence-corrected chi connectivity index (χ4v) is 5.67. The van der Waals surface area contributed by atoms with Gasteiger partial charge in [0.15, 0.2) is 0 Å². The Morgan fingerprint density at radius 3 is 2.50 bits per heavy atom. The predicted molar refractivity (Wildman–Crippen MR) is 128 cm³/mol. The second kappa shape index (κ2) is 8.70. The molecule has 0 spiro atoms. The fourth-order valence-electron chi connectivity index (χ4n) is 4.68. The van der Waals surface area contributed by atoms with Gasteiger partial charge in [0, 0.05) is 36.5 Å². The van der Waals surface area contributed by atoms with Crippen molar-refractivity contribution < 1.29 is 9.53 Å². The summed E-state index contributed by atoms with van der Waals surface area (Å²) in [4.78, 5) is 29.4. The molecule has 32 heavy (non-hydrogen) atoms. The highest BCUT2D eigenvalue weighted by atomic mass is 32.1. The number of carbonyl (C=O) groups is 1. The Hall–Kier alpha value is -2.67. The summed E-state index contributed by atoms with van der Waals surface area (Å²) in [6.07, 6.45) is 5.66. The number of hydrogen-bond donors (Lipinski definition) is 0. The van der Waals surface area contributed by atoms with Crippen LogP contribution in [0.1, 0.15) is 41.7 Å². The van der Waals surface area contributed by atoms with E-state index in [2.05, 4.69) is 45.7 Å². The van der Waals surface area contributed by atoms with Crippen molar-refractivity contribution in [1.82, 2.24) is 14.9 Å². The van der Waals surface area contributed by atoms with Gasteiger partial charge < -0.3 is 14.5 Å². The molecule has 3 heterocycles. The number of ether oxygens (including phenoxy) is 1. The smallest absolute Gasteiger partial charge is 0.226 e. The van der Waals surface area contributed by atoms with E-state index in [1.165, 1.54) is 15.8 Å². The molecular formula is C25H30N4O2S. The number of benzene rings is 1. The minimum atomic E-state index is 0.0905. The van der Waals surface area contributed by atoms with E-state index in [1.54, 1.807) is 24.8 Å². The molecule has 1 aliphatic heterocycles. The molecule has 2 aromatic heterocycles. The number of anilines is 1.